The predicted octanol–water partition coefficient (Wildman–Crippen LogP) is 2.20. The summed E-state index contributed by atoms with van der Waals surface area (Å²) in [6.07, 6.45) is 2.48. The molecule has 1 heterocycles. The zero-order chi connectivity index (χ0) is 22.1. The molecule has 1 saturated heterocycles. The van der Waals surface area contributed by atoms with Crippen molar-refractivity contribution in [2.45, 2.75) is 52.1 Å². The molecule has 30 heavy (non-hydrogen) atoms. The molecule has 0 bridgehead atoms. The van der Waals surface area contributed by atoms with E-state index in [9.17, 15) is 14.4 Å². The van der Waals surface area contributed by atoms with E-state index in [-0.39, 0.29) is 29.7 Å². The number of benzene rings is 1. The third kappa shape index (κ3) is 7.61. The van der Waals surface area contributed by atoms with Gasteiger partial charge in [0, 0.05) is 36.3 Å². The van der Waals surface area contributed by atoms with Gasteiger partial charge in [0.2, 0.25) is 11.8 Å². The van der Waals surface area contributed by atoms with E-state index < -0.39 is 6.04 Å². The molecule has 3 N–H and O–H groups in total. The van der Waals surface area contributed by atoms with Gasteiger partial charge in [0.15, 0.2) is 0 Å². The summed E-state index contributed by atoms with van der Waals surface area (Å²) in [4.78, 5) is 39.3. The Hall–Kier alpha value is -2.12. The van der Waals surface area contributed by atoms with Gasteiger partial charge in [-0.1, -0.05) is 32.4 Å². The van der Waals surface area contributed by atoms with Crippen molar-refractivity contribution in [3.63, 3.8) is 0 Å². The van der Waals surface area contributed by atoms with Crippen LogP contribution in [0.3, 0.4) is 0 Å². The molecule has 0 aromatic heterocycles. The lowest BCUT2D eigenvalue weighted by atomic mass is 10.00. The number of likely N-dealkylation sites (tertiary alicyclic amines) is 1. The van der Waals surface area contributed by atoms with Crippen molar-refractivity contribution in [1.29, 1.82) is 0 Å². The number of halogens is 1. The average Bonchev–Trinajstić information content (AvgIpc) is 2.72. The van der Waals surface area contributed by atoms with E-state index >= 15 is 0 Å². The summed E-state index contributed by atoms with van der Waals surface area (Å²) < 4.78 is 0. The van der Waals surface area contributed by atoms with Crippen LogP contribution in [0.15, 0.2) is 24.3 Å². The zero-order valence-electron chi connectivity index (χ0n) is 18.0. The standard InChI is InChI=1S/C22H33ClN4O3/c1-4-11-24-19(28)14-27-12-9-18(10-13-27)25-22(30)20(15(2)3)26-21(29)16-5-7-17(23)8-6-16/h5-8,15,18,20H,4,9-14H2,1-3H3,(H,24,28)(H,25,30)(H,26,29). The normalized spacial score (nSPS) is 16.2. The fourth-order valence-corrected chi connectivity index (χ4v) is 3.54. The molecule has 1 fully saturated rings. The Morgan fingerprint density at radius 1 is 1.13 bits per heavy atom. The number of amides is 3. The first-order valence-electron chi connectivity index (χ1n) is 10.7. The van der Waals surface area contributed by atoms with Crippen LogP contribution in [0.25, 0.3) is 0 Å². The Morgan fingerprint density at radius 3 is 2.33 bits per heavy atom. The molecule has 1 unspecified atom stereocenters. The third-order valence-electron chi connectivity index (χ3n) is 5.22. The molecule has 8 heteroatoms. The van der Waals surface area contributed by atoms with Gasteiger partial charge in [0.25, 0.3) is 5.91 Å². The lowest BCUT2D eigenvalue weighted by Gasteiger charge is -2.33. The lowest BCUT2D eigenvalue weighted by Crippen LogP contribution is -2.54. The first-order chi connectivity index (χ1) is 14.3. The largest absolute Gasteiger partial charge is 0.355 e. The highest BCUT2D eigenvalue weighted by Crippen LogP contribution is 2.13. The minimum absolute atomic E-state index is 0.0427. The molecule has 1 aromatic carbocycles. The number of rotatable bonds is 9. The highest BCUT2D eigenvalue weighted by Gasteiger charge is 2.28. The smallest absolute Gasteiger partial charge is 0.251 e. The monoisotopic (exact) mass is 436 g/mol. The molecule has 0 radical (unpaired) electrons. The third-order valence-corrected chi connectivity index (χ3v) is 5.47. The van der Waals surface area contributed by atoms with Gasteiger partial charge in [0.1, 0.15) is 6.04 Å². The predicted molar refractivity (Wildman–Crippen MR) is 118 cm³/mol. The maximum absolute atomic E-state index is 12.8. The summed E-state index contributed by atoms with van der Waals surface area (Å²) in [6, 6.07) is 6.00. The van der Waals surface area contributed by atoms with Gasteiger partial charge in [0.05, 0.1) is 6.54 Å². The highest BCUT2D eigenvalue weighted by atomic mass is 35.5. The fraction of sp³-hybridized carbons (Fsp3) is 0.591. The van der Waals surface area contributed by atoms with E-state index in [0.717, 1.165) is 32.4 Å². The first-order valence-corrected chi connectivity index (χ1v) is 11.0. The molecule has 2 rings (SSSR count). The number of carbonyl (C=O) groups is 3. The maximum atomic E-state index is 12.8. The molecular formula is C22H33ClN4O3. The van der Waals surface area contributed by atoms with E-state index in [0.29, 0.717) is 23.7 Å². The number of hydrogen-bond donors (Lipinski definition) is 3. The van der Waals surface area contributed by atoms with E-state index in [4.69, 9.17) is 11.6 Å². The molecule has 166 valence electrons. The van der Waals surface area contributed by atoms with Gasteiger partial charge in [-0.15, -0.1) is 0 Å². The minimum Gasteiger partial charge on any atom is -0.355 e. The van der Waals surface area contributed by atoms with E-state index in [1.54, 1.807) is 24.3 Å². The van der Waals surface area contributed by atoms with Gasteiger partial charge in [-0.2, -0.15) is 0 Å². The summed E-state index contributed by atoms with van der Waals surface area (Å²) in [5.41, 5.74) is 0.465. The molecule has 1 atom stereocenters. The Bertz CT molecular complexity index is 716. The summed E-state index contributed by atoms with van der Waals surface area (Å²) in [5, 5.41) is 9.35. The second-order valence-electron chi connectivity index (χ2n) is 8.11. The average molecular weight is 437 g/mol. The number of hydrogen-bond acceptors (Lipinski definition) is 4. The van der Waals surface area contributed by atoms with Gasteiger partial charge >= 0.3 is 0 Å². The van der Waals surface area contributed by atoms with Crippen LogP contribution in [-0.2, 0) is 9.59 Å². The molecule has 0 spiro atoms. The molecule has 0 aliphatic carbocycles. The summed E-state index contributed by atoms with van der Waals surface area (Å²) in [5.74, 6) is -0.479. The minimum atomic E-state index is -0.619. The molecule has 1 aliphatic rings. The van der Waals surface area contributed by atoms with Crippen LogP contribution in [0, 0.1) is 5.92 Å². The maximum Gasteiger partial charge on any atom is 0.251 e. The van der Waals surface area contributed by atoms with E-state index in [1.807, 2.05) is 20.8 Å². The Labute approximate surface area is 183 Å². The second-order valence-corrected chi connectivity index (χ2v) is 8.55. The first kappa shape index (κ1) is 24.2. The number of carbonyl (C=O) groups excluding carboxylic acids is 3. The quantitative estimate of drug-likeness (QED) is 0.553. The molecule has 3 amide bonds. The van der Waals surface area contributed by atoms with Gasteiger partial charge in [-0.05, 0) is 49.4 Å². The van der Waals surface area contributed by atoms with E-state index in [1.165, 1.54) is 0 Å². The SMILES string of the molecule is CCCNC(=O)CN1CCC(NC(=O)C(NC(=O)c2ccc(Cl)cc2)C(C)C)CC1. The highest BCUT2D eigenvalue weighted by molar-refractivity contribution is 6.30. The van der Waals surface area contributed by atoms with Crippen LogP contribution in [-0.4, -0.2) is 60.9 Å². The number of piperidine rings is 1. The van der Waals surface area contributed by atoms with Crippen molar-refractivity contribution in [3.05, 3.63) is 34.9 Å². The van der Waals surface area contributed by atoms with Crippen LogP contribution >= 0.6 is 11.6 Å². The molecule has 1 aliphatic heterocycles. The molecule has 0 saturated carbocycles. The second kappa shape index (κ2) is 11.9. The van der Waals surface area contributed by atoms with Crippen molar-refractivity contribution >= 4 is 29.3 Å². The summed E-state index contributed by atoms with van der Waals surface area (Å²) in [6.45, 7) is 8.45. The van der Waals surface area contributed by atoms with Gasteiger partial charge < -0.3 is 16.0 Å². The molecular weight excluding hydrogens is 404 g/mol. The topological polar surface area (TPSA) is 90.5 Å². The Kier molecular flexibility index (Phi) is 9.59. The van der Waals surface area contributed by atoms with Crippen LogP contribution in [0.2, 0.25) is 5.02 Å². The number of nitrogens with zero attached hydrogens (tertiary/aromatic N) is 1. The van der Waals surface area contributed by atoms with Crippen LogP contribution in [0.5, 0.6) is 0 Å². The van der Waals surface area contributed by atoms with Crippen LogP contribution in [0.4, 0.5) is 0 Å². The Morgan fingerprint density at radius 2 is 1.77 bits per heavy atom. The fourth-order valence-electron chi connectivity index (χ4n) is 3.41. The molecule has 7 nitrogen and oxygen atoms in total. The van der Waals surface area contributed by atoms with E-state index in [2.05, 4.69) is 20.9 Å². The molecule has 1 aromatic rings. The summed E-state index contributed by atoms with van der Waals surface area (Å²) >= 11 is 5.87. The van der Waals surface area contributed by atoms with Crippen molar-refractivity contribution < 1.29 is 14.4 Å². The van der Waals surface area contributed by atoms with Crippen molar-refractivity contribution in [2.24, 2.45) is 5.92 Å². The Balaban J connectivity index is 1.83. The summed E-state index contributed by atoms with van der Waals surface area (Å²) in [7, 11) is 0. The van der Waals surface area contributed by atoms with Gasteiger partial charge in [-0.3, -0.25) is 19.3 Å². The lowest BCUT2D eigenvalue weighted by molar-refractivity contribution is -0.126. The van der Waals surface area contributed by atoms with Crippen molar-refractivity contribution in [2.75, 3.05) is 26.2 Å². The van der Waals surface area contributed by atoms with Gasteiger partial charge in [-0.25, -0.2) is 0 Å². The van der Waals surface area contributed by atoms with Crippen molar-refractivity contribution in [3.8, 4) is 0 Å². The van der Waals surface area contributed by atoms with Crippen LogP contribution < -0.4 is 16.0 Å². The van der Waals surface area contributed by atoms with Crippen molar-refractivity contribution in [1.82, 2.24) is 20.9 Å². The van der Waals surface area contributed by atoms with Crippen LogP contribution in [0.1, 0.15) is 50.4 Å². The zero-order valence-corrected chi connectivity index (χ0v) is 18.8. The number of nitrogens with one attached hydrogen (secondary N) is 3.